The number of sulfonamides is 1. The van der Waals surface area contributed by atoms with E-state index in [4.69, 9.17) is 17.3 Å². The second-order valence-electron chi connectivity index (χ2n) is 9.40. The van der Waals surface area contributed by atoms with E-state index in [9.17, 15) is 22.4 Å². The molecule has 3 fully saturated rings. The summed E-state index contributed by atoms with van der Waals surface area (Å²) < 4.78 is 39.6. The molecule has 5 atom stereocenters. The summed E-state index contributed by atoms with van der Waals surface area (Å²) in [6.07, 6.45) is 1.76. The smallest absolute Gasteiger partial charge is 0.312 e. The number of hydrazine groups is 1. The number of amides is 3. The molecule has 1 heterocycles. The molecule has 0 spiro atoms. The summed E-state index contributed by atoms with van der Waals surface area (Å²) in [6.45, 7) is 1.52. The summed E-state index contributed by atoms with van der Waals surface area (Å²) in [6, 6.07) is -0.506. The van der Waals surface area contributed by atoms with E-state index < -0.39 is 39.4 Å². The van der Waals surface area contributed by atoms with Crippen LogP contribution in [0.15, 0.2) is 0 Å². The molecule has 2 saturated carbocycles. The lowest BCUT2D eigenvalue weighted by Gasteiger charge is -2.37. The Morgan fingerprint density at radius 1 is 1.22 bits per heavy atom. The van der Waals surface area contributed by atoms with Crippen LogP contribution < -0.4 is 26.6 Å². The van der Waals surface area contributed by atoms with Crippen LogP contribution in [0.25, 0.3) is 0 Å². The number of urea groups is 1. The summed E-state index contributed by atoms with van der Waals surface area (Å²) in [5.74, 6) is -1.93. The molecular formula is C19H34ClFN6O4S. The molecule has 2 aliphatic carbocycles. The second kappa shape index (κ2) is 10.8. The number of alkyl halides is 2. The SMILES string of the molecule is CN1CNC(C2CC(Cl)C(F)C(C(=O)NNS(=O)(=O)CC3CCC(NC(N)=O)CC3)C2)C1. The highest BCUT2D eigenvalue weighted by atomic mass is 35.5. The lowest BCUT2D eigenvalue weighted by atomic mass is 9.76. The Morgan fingerprint density at radius 3 is 2.50 bits per heavy atom. The summed E-state index contributed by atoms with van der Waals surface area (Å²) >= 11 is 6.21. The lowest BCUT2D eigenvalue weighted by molar-refractivity contribution is -0.129. The molecule has 1 aliphatic heterocycles. The number of rotatable bonds is 7. The first-order valence-corrected chi connectivity index (χ1v) is 13.2. The minimum absolute atomic E-state index is 0.0333. The third-order valence-electron chi connectivity index (χ3n) is 6.83. The van der Waals surface area contributed by atoms with Gasteiger partial charge >= 0.3 is 6.03 Å². The van der Waals surface area contributed by atoms with Gasteiger partial charge in [0.1, 0.15) is 6.17 Å². The molecule has 3 rings (SSSR count). The fraction of sp³-hybridized carbons (Fsp3) is 0.895. The number of hydrogen-bond acceptors (Lipinski definition) is 6. The van der Waals surface area contributed by atoms with Crippen LogP contribution >= 0.6 is 11.6 Å². The molecular weight excluding hydrogens is 463 g/mol. The number of hydrogen-bond donors (Lipinski definition) is 5. The summed E-state index contributed by atoms with van der Waals surface area (Å²) in [5.41, 5.74) is 7.33. The third-order valence-corrected chi connectivity index (χ3v) is 8.57. The zero-order valence-corrected chi connectivity index (χ0v) is 19.8. The van der Waals surface area contributed by atoms with Crippen molar-refractivity contribution in [1.29, 1.82) is 0 Å². The molecule has 184 valence electrons. The van der Waals surface area contributed by atoms with Crippen LogP contribution in [-0.4, -0.2) is 74.9 Å². The van der Waals surface area contributed by atoms with E-state index >= 15 is 0 Å². The minimum Gasteiger partial charge on any atom is -0.352 e. The van der Waals surface area contributed by atoms with E-state index in [0.29, 0.717) is 38.5 Å². The van der Waals surface area contributed by atoms with Gasteiger partial charge in [0.25, 0.3) is 0 Å². The van der Waals surface area contributed by atoms with Crippen LogP contribution in [0.2, 0.25) is 0 Å². The molecule has 10 nitrogen and oxygen atoms in total. The van der Waals surface area contributed by atoms with Gasteiger partial charge in [-0.3, -0.25) is 20.4 Å². The van der Waals surface area contributed by atoms with E-state index in [1.807, 2.05) is 7.05 Å². The Labute approximate surface area is 193 Å². The van der Waals surface area contributed by atoms with Gasteiger partial charge in [0.15, 0.2) is 0 Å². The van der Waals surface area contributed by atoms with Gasteiger partial charge < -0.3 is 11.1 Å². The van der Waals surface area contributed by atoms with Crippen molar-refractivity contribution in [2.24, 2.45) is 23.5 Å². The van der Waals surface area contributed by atoms with Gasteiger partial charge in [0.2, 0.25) is 15.9 Å². The van der Waals surface area contributed by atoms with Crippen molar-refractivity contribution in [3.63, 3.8) is 0 Å². The zero-order valence-electron chi connectivity index (χ0n) is 18.2. The van der Waals surface area contributed by atoms with Gasteiger partial charge in [-0.25, -0.2) is 17.6 Å². The highest BCUT2D eigenvalue weighted by molar-refractivity contribution is 7.89. The first-order valence-electron chi connectivity index (χ1n) is 11.1. The normalized spacial score (nSPS) is 36.5. The van der Waals surface area contributed by atoms with E-state index in [1.54, 1.807) is 0 Å². The number of carbonyl (C=O) groups is 2. The third kappa shape index (κ3) is 6.89. The predicted octanol–water partition coefficient (Wildman–Crippen LogP) is -0.00310. The van der Waals surface area contributed by atoms with Crippen molar-refractivity contribution in [2.75, 3.05) is 26.0 Å². The van der Waals surface area contributed by atoms with Crippen LogP contribution in [0.4, 0.5) is 9.18 Å². The Morgan fingerprint density at radius 2 is 1.91 bits per heavy atom. The second-order valence-corrected chi connectivity index (χ2v) is 11.7. The topological polar surface area (TPSA) is 146 Å². The number of nitrogens with zero attached hydrogens (tertiary/aromatic N) is 1. The first-order chi connectivity index (χ1) is 15.0. The molecule has 3 aliphatic rings. The molecule has 6 N–H and O–H groups in total. The summed E-state index contributed by atoms with van der Waals surface area (Å²) in [7, 11) is -1.81. The summed E-state index contributed by atoms with van der Waals surface area (Å²) in [5, 5.41) is 5.20. The van der Waals surface area contributed by atoms with Gasteiger partial charge in [-0.2, -0.15) is 0 Å². The van der Waals surface area contributed by atoms with Crippen molar-refractivity contribution in [3.8, 4) is 0 Å². The average molecular weight is 497 g/mol. The Bertz CT molecular complexity index is 782. The number of halogens is 2. The maximum atomic E-state index is 14.7. The first kappa shape index (κ1) is 25.4. The maximum absolute atomic E-state index is 14.7. The number of carbonyl (C=O) groups excluding carboxylic acids is 2. The monoisotopic (exact) mass is 496 g/mol. The molecule has 1 saturated heterocycles. The van der Waals surface area contributed by atoms with Crippen LogP contribution in [0.5, 0.6) is 0 Å². The number of likely N-dealkylation sites (N-methyl/N-ethyl adjacent to an activating group) is 1. The molecule has 0 bridgehead atoms. The molecule has 0 radical (unpaired) electrons. The fourth-order valence-corrected chi connectivity index (χ4v) is 6.80. The number of nitrogens with one attached hydrogen (secondary N) is 4. The van der Waals surface area contributed by atoms with Crippen LogP contribution in [0, 0.1) is 17.8 Å². The van der Waals surface area contributed by atoms with Gasteiger partial charge in [-0.05, 0) is 57.4 Å². The quantitative estimate of drug-likeness (QED) is 0.248. The zero-order chi connectivity index (χ0) is 23.5. The molecule has 0 aromatic heterocycles. The van der Waals surface area contributed by atoms with E-state index in [1.165, 1.54) is 0 Å². The van der Waals surface area contributed by atoms with E-state index in [0.717, 1.165) is 13.2 Å². The average Bonchev–Trinajstić information content (AvgIpc) is 3.15. The highest BCUT2D eigenvalue weighted by Gasteiger charge is 2.44. The molecule has 3 amide bonds. The highest BCUT2D eigenvalue weighted by Crippen LogP contribution is 2.37. The van der Waals surface area contributed by atoms with Gasteiger partial charge in [0, 0.05) is 25.3 Å². The fourth-order valence-electron chi connectivity index (χ4n) is 5.10. The van der Waals surface area contributed by atoms with Crippen LogP contribution in [0.1, 0.15) is 38.5 Å². The Kier molecular flexibility index (Phi) is 8.59. The number of primary amides is 1. The Hall–Kier alpha value is -1.21. The molecule has 0 aromatic carbocycles. The van der Waals surface area contributed by atoms with Crippen molar-refractivity contribution >= 4 is 33.6 Å². The van der Waals surface area contributed by atoms with Crippen LogP contribution in [-0.2, 0) is 14.8 Å². The molecule has 13 heteroatoms. The standard InChI is InChI=1S/C19H34ClFN6O4S/c1-27-8-16(23-10-27)12-6-14(17(21)15(20)7-12)18(28)25-26-32(30,31)9-11-2-4-13(5-3-11)24-19(22)29/h11-17,23,26H,2-10H2,1H3,(H,25,28)(H3,22,24,29). The van der Waals surface area contributed by atoms with Gasteiger partial charge in [-0.1, -0.05) is 0 Å². The molecule has 5 unspecified atom stereocenters. The van der Waals surface area contributed by atoms with Crippen LogP contribution in [0.3, 0.4) is 0 Å². The lowest BCUT2D eigenvalue weighted by Crippen LogP contribution is -2.52. The van der Waals surface area contributed by atoms with E-state index in [2.05, 4.69) is 25.8 Å². The number of nitrogens with two attached hydrogens (primary N) is 1. The summed E-state index contributed by atoms with van der Waals surface area (Å²) in [4.78, 5) is 27.8. The van der Waals surface area contributed by atoms with Gasteiger partial charge in [0.05, 0.1) is 17.0 Å². The largest absolute Gasteiger partial charge is 0.352 e. The molecule has 0 aromatic rings. The maximum Gasteiger partial charge on any atom is 0.312 e. The van der Waals surface area contributed by atoms with Crippen molar-refractivity contribution in [1.82, 2.24) is 25.8 Å². The minimum atomic E-state index is -3.79. The van der Waals surface area contributed by atoms with Crippen molar-refractivity contribution in [2.45, 2.75) is 62.2 Å². The van der Waals surface area contributed by atoms with Crippen molar-refractivity contribution < 1.29 is 22.4 Å². The van der Waals surface area contributed by atoms with Gasteiger partial charge in [-0.15, -0.1) is 16.4 Å². The Balaban J connectivity index is 1.48. The van der Waals surface area contributed by atoms with E-state index in [-0.39, 0.29) is 29.7 Å². The van der Waals surface area contributed by atoms with Crippen molar-refractivity contribution in [3.05, 3.63) is 0 Å². The molecule has 32 heavy (non-hydrogen) atoms. The predicted molar refractivity (Wildman–Crippen MR) is 119 cm³/mol.